The summed E-state index contributed by atoms with van der Waals surface area (Å²) in [6.45, 7) is 137. The molecule has 13 aliphatic rings. The van der Waals surface area contributed by atoms with Crippen molar-refractivity contribution in [1.82, 2.24) is 58.8 Å². The molecule has 2 spiro atoms. The third kappa shape index (κ3) is 46.5. The van der Waals surface area contributed by atoms with Crippen molar-refractivity contribution in [3.8, 4) is 0 Å². The lowest BCUT2D eigenvalue weighted by molar-refractivity contribution is -0.134. The van der Waals surface area contributed by atoms with Gasteiger partial charge in [-0.2, -0.15) is 0 Å². The van der Waals surface area contributed by atoms with Gasteiger partial charge in [0, 0.05) is 98.7 Å². The molecule has 844 valence electrons. The molecule has 2 aliphatic carbocycles. The van der Waals surface area contributed by atoms with E-state index in [-0.39, 0.29) is 11.4 Å². The maximum atomic E-state index is 12.2. The van der Waals surface area contributed by atoms with Gasteiger partial charge in [-0.15, -0.1) is 0 Å². The summed E-state index contributed by atoms with van der Waals surface area (Å²) < 4.78 is 5.61. The zero-order chi connectivity index (χ0) is 107. The van der Waals surface area contributed by atoms with Crippen molar-refractivity contribution in [2.24, 2.45) is 113 Å². The molecular formula is C129H256N12O2. The maximum absolute atomic E-state index is 12.2. The fraction of sp³-hybridized carbons (Fsp3) is 0.992. The summed E-state index contributed by atoms with van der Waals surface area (Å²) >= 11 is 0. The van der Waals surface area contributed by atoms with Crippen molar-refractivity contribution in [1.29, 1.82) is 0 Å². The van der Waals surface area contributed by atoms with Crippen molar-refractivity contribution in [3.63, 3.8) is 0 Å². The van der Waals surface area contributed by atoms with Gasteiger partial charge in [0.25, 0.3) is 0 Å². The molecule has 0 aromatic rings. The Hall–Kier alpha value is -1.01. The fourth-order valence-electron chi connectivity index (χ4n) is 27.6. The number of rotatable bonds is 15. The molecular weight excluding hydrogens is 1750 g/mol. The van der Waals surface area contributed by atoms with Crippen LogP contribution in [0.4, 0.5) is 0 Å². The van der Waals surface area contributed by atoms with Crippen molar-refractivity contribution in [3.05, 3.63) is 0 Å². The highest BCUT2D eigenvalue weighted by atomic mass is 16.5. The standard InChI is InChI=1S/2C19H38N2.2C19H37N.C18H36N2O2.C18H36N2.C17H34N2/c2*1-18(2,3)17-9-11-20(12-10-17)15-16-7-13-21(14-8-16)19(4,5)6;2*1-18(2,3)16-9-11-20(12-10-16)14-15-7-8-17(13-15)19(4,5)6;1-17(2,3)9-7-14-22-15-8-16(21)19-10-12-20(13-11-19)18(4,5)6;1-16(2,3)15-19-11-7-18(8-12-19)9-13-20(14-10-18)17(4,5)6;1-15(2,3)18-11-7-17(8-12-18)9-13-19(14-10-17)16(4,5)6/h2*16-17H,7-15H2,1-6H3;2*15-17H,7-14H2,1-6H3;7-15H2,1-6H3;7-15H2,1-6H3;7-14H2,1-6H3/t;;2*15-,17?;;;/m..11.../s1. The van der Waals surface area contributed by atoms with E-state index < -0.39 is 0 Å². The third-order valence-electron chi connectivity index (χ3n) is 39.2. The Morgan fingerprint density at radius 3 is 0.699 bits per heavy atom. The second-order valence-electron chi connectivity index (χ2n) is 65.3. The first kappa shape index (κ1) is 129. The number of likely N-dealkylation sites (tertiary alicyclic amines) is 10. The summed E-state index contributed by atoms with van der Waals surface area (Å²) in [5.41, 5.74) is 7.21. The Kier molecular flexibility index (Phi) is 49.2. The van der Waals surface area contributed by atoms with Gasteiger partial charge in [0.15, 0.2) is 0 Å². The van der Waals surface area contributed by atoms with Gasteiger partial charge in [0.1, 0.15) is 0 Å². The molecule has 13 fully saturated rings. The van der Waals surface area contributed by atoms with Gasteiger partial charge in [-0.05, 0) is 549 Å². The van der Waals surface area contributed by atoms with Gasteiger partial charge in [0.05, 0.1) is 13.0 Å². The summed E-state index contributed by atoms with van der Waals surface area (Å²) in [7, 11) is 0. The van der Waals surface area contributed by atoms with Crippen LogP contribution in [0, 0.1) is 113 Å². The Balaban J connectivity index is 0.000000226. The summed E-state index contributed by atoms with van der Waals surface area (Å²) in [6.07, 6.45) is 39.9. The smallest absolute Gasteiger partial charge is 0.224 e. The molecule has 2 unspecified atom stereocenters. The molecule has 0 bridgehead atoms. The van der Waals surface area contributed by atoms with E-state index >= 15 is 0 Å². The Bertz CT molecular complexity index is 3200. The second-order valence-corrected chi connectivity index (χ2v) is 65.3. The molecule has 1 amide bonds. The molecule has 0 aromatic carbocycles. The molecule has 2 saturated carbocycles. The molecule has 14 heteroatoms. The molecule has 14 nitrogen and oxygen atoms in total. The summed E-state index contributed by atoms with van der Waals surface area (Å²) in [5, 5.41) is 0. The molecule has 11 aliphatic heterocycles. The van der Waals surface area contributed by atoms with E-state index in [1.807, 2.05) is 4.90 Å². The monoisotopic (exact) mass is 2010 g/mol. The number of carbonyl (C=O) groups excluding carboxylic acids is 1. The minimum atomic E-state index is 0.200. The maximum Gasteiger partial charge on any atom is 0.224 e. The van der Waals surface area contributed by atoms with E-state index in [1.54, 1.807) is 0 Å². The first-order valence-corrected chi connectivity index (χ1v) is 61.4. The first-order chi connectivity index (χ1) is 65.5. The number of piperazine rings is 1. The number of carbonyl (C=O) groups is 1. The summed E-state index contributed by atoms with van der Waals surface area (Å²) in [6, 6.07) is 0. The molecule has 0 radical (unpaired) electrons. The lowest BCUT2D eigenvalue weighted by atomic mass is 9.70. The number of amides is 1. The van der Waals surface area contributed by atoms with Gasteiger partial charge in [0.2, 0.25) is 5.91 Å². The number of ether oxygens (including phenoxy) is 1. The van der Waals surface area contributed by atoms with Crippen LogP contribution >= 0.6 is 0 Å². The van der Waals surface area contributed by atoms with Crippen LogP contribution in [0.3, 0.4) is 0 Å². The van der Waals surface area contributed by atoms with E-state index in [1.165, 1.54) is 331 Å². The van der Waals surface area contributed by atoms with E-state index in [0.29, 0.717) is 94.9 Å². The Labute approximate surface area is 895 Å². The molecule has 4 atom stereocenters. The highest BCUT2D eigenvalue weighted by molar-refractivity contribution is 5.76. The lowest BCUT2D eigenvalue weighted by Crippen LogP contribution is -2.54. The largest absolute Gasteiger partial charge is 0.381 e. The van der Waals surface area contributed by atoms with Crippen LogP contribution in [-0.2, 0) is 9.53 Å². The predicted octanol–water partition coefficient (Wildman–Crippen LogP) is 29.9. The van der Waals surface area contributed by atoms with Crippen LogP contribution in [0.5, 0.6) is 0 Å². The first-order valence-electron chi connectivity index (χ1n) is 61.4. The van der Waals surface area contributed by atoms with Gasteiger partial charge < -0.3 is 34.1 Å². The number of piperidine rings is 10. The normalized spacial score (nSPS) is 26.1. The van der Waals surface area contributed by atoms with E-state index in [9.17, 15) is 4.79 Å². The van der Waals surface area contributed by atoms with Gasteiger partial charge >= 0.3 is 0 Å². The van der Waals surface area contributed by atoms with Crippen molar-refractivity contribution in [2.45, 2.75) is 510 Å². The van der Waals surface area contributed by atoms with Crippen LogP contribution in [0.2, 0.25) is 0 Å². The minimum Gasteiger partial charge on any atom is -0.381 e. The van der Waals surface area contributed by atoms with Crippen molar-refractivity contribution >= 4 is 5.91 Å². The molecule has 0 N–H and O–H groups in total. The fourth-order valence-corrected chi connectivity index (χ4v) is 27.6. The average Bonchev–Trinajstić information content (AvgIpc) is 1.25. The van der Waals surface area contributed by atoms with Gasteiger partial charge in [-0.1, -0.05) is 166 Å². The van der Waals surface area contributed by atoms with Gasteiger partial charge in [-0.3, -0.25) is 34.2 Å². The average molecular weight is 2010 g/mol. The van der Waals surface area contributed by atoms with Crippen LogP contribution in [-0.4, -0.2) is 301 Å². The van der Waals surface area contributed by atoms with E-state index in [0.717, 1.165) is 105 Å². The predicted molar refractivity (Wildman–Crippen MR) is 627 cm³/mol. The highest BCUT2D eigenvalue weighted by Crippen LogP contribution is 2.49. The molecule has 11 saturated heterocycles. The quantitative estimate of drug-likeness (QED) is 0.146. The zero-order valence-electron chi connectivity index (χ0n) is 105. The highest BCUT2D eigenvalue weighted by Gasteiger charge is 2.46. The number of hydrogen-bond acceptors (Lipinski definition) is 13. The Morgan fingerprint density at radius 1 is 0.231 bits per heavy atom. The summed E-state index contributed by atoms with van der Waals surface area (Å²) in [5.74, 6) is 9.71. The van der Waals surface area contributed by atoms with Crippen molar-refractivity contribution < 1.29 is 9.53 Å². The van der Waals surface area contributed by atoms with Gasteiger partial charge in [-0.25, -0.2) is 0 Å². The SMILES string of the molecule is CC(C)(C)C1CCN(CC2CCN(C(C)(C)C)CC2)CC1.CC(C)(C)C1CCN(CC2CCN(C(C)(C)C)CC2)CC1.CC(C)(C)C1CCN(C[C@@H]2CCC(C(C)(C)C)C2)CC1.CC(C)(C)C1CCN(C[C@@H]2CCC(C(C)(C)C)C2)CC1.CC(C)(C)CCCOCCC(=O)N1CCN(C(C)(C)C)CC1.CC(C)(C)CN1CCC2(CC1)CCN(C(C)(C)C)CC2.CC(C)(C)N1CCC2(CC1)CCN(C(C)(C)C)CC2. The van der Waals surface area contributed by atoms with E-state index in [4.69, 9.17) is 4.74 Å². The lowest BCUT2D eigenvalue weighted by Gasteiger charge is -2.51. The topological polar surface area (TPSA) is 65.2 Å². The van der Waals surface area contributed by atoms with E-state index in [2.05, 4.69) is 345 Å². The van der Waals surface area contributed by atoms with Crippen molar-refractivity contribution in [2.75, 3.05) is 203 Å². The summed E-state index contributed by atoms with van der Waals surface area (Å²) in [4.78, 5) is 43.7. The molecule has 13 rings (SSSR count). The minimum absolute atomic E-state index is 0.200. The number of hydrogen-bond donors (Lipinski definition) is 0. The molecule has 11 heterocycles. The molecule has 0 aromatic heterocycles. The van der Waals surface area contributed by atoms with Crippen LogP contribution in [0.1, 0.15) is 477 Å². The second kappa shape index (κ2) is 54.6. The van der Waals surface area contributed by atoms with Crippen LogP contribution in [0.25, 0.3) is 0 Å². The van der Waals surface area contributed by atoms with Crippen LogP contribution in [0.15, 0.2) is 0 Å². The molecule has 143 heavy (non-hydrogen) atoms. The third-order valence-corrected chi connectivity index (χ3v) is 39.2. The number of nitrogens with zero attached hydrogens (tertiary/aromatic N) is 12. The Morgan fingerprint density at radius 2 is 0.469 bits per heavy atom. The van der Waals surface area contributed by atoms with Crippen LogP contribution < -0.4 is 0 Å². The zero-order valence-corrected chi connectivity index (χ0v) is 105.